The molecule has 0 saturated heterocycles. The average Bonchev–Trinajstić information content (AvgIpc) is 2.89. The summed E-state index contributed by atoms with van der Waals surface area (Å²) in [6, 6.07) is 4.44. The fourth-order valence-corrected chi connectivity index (χ4v) is 3.34. The number of nitrogens with zero attached hydrogens (tertiary/aromatic N) is 2. The van der Waals surface area contributed by atoms with Gasteiger partial charge in [0.1, 0.15) is 17.3 Å². The SMILES string of the molecule is COc1c(C)cc(C2CCc3nc(C=O)cn3C2)cc1C. The summed E-state index contributed by atoms with van der Waals surface area (Å²) in [5.41, 5.74) is 4.24. The van der Waals surface area contributed by atoms with E-state index in [-0.39, 0.29) is 0 Å². The van der Waals surface area contributed by atoms with Crippen LogP contribution in [0, 0.1) is 13.8 Å². The molecule has 1 atom stereocenters. The van der Waals surface area contributed by atoms with Crippen LogP contribution in [0.1, 0.15) is 45.3 Å². The molecule has 0 spiro atoms. The van der Waals surface area contributed by atoms with Crippen LogP contribution in [0.4, 0.5) is 0 Å². The van der Waals surface area contributed by atoms with Crippen LogP contribution in [-0.4, -0.2) is 22.9 Å². The van der Waals surface area contributed by atoms with Gasteiger partial charge in [-0.3, -0.25) is 4.79 Å². The van der Waals surface area contributed by atoms with Crippen molar-refractivity contribution in [1.82, 2.24) is 9.55 Å². The fraction of sp³-hybridized carbons (Fsp3) is 0.412. The van der Waals surface area contributed by atoms with Gasteiger partial charge in [-0.2, -0.15) is 0 Å². The molecular formula is C17H20N2O2. The number of aryl methyl sites for hydroxylation is 3. The van der Waals surface area contributed by atoms with Gasteiger partial charge in [-0.15, -0.1) is 0 Å². The number of hydrogen-bond acceptors (Lipinski definition) is 3. The summed E-state index contributed by atoms with van der Waals surface area (Å²) >= 11 is 0. The Balaban J connectivity index is 1.90. The molecule has 4 nitrogen and oxygen atoms in total. The molecule has 1 aliphatic heterocycles. The van der Waals surface area contributed by atoms with E-state index in [0.717, 1.165) is 37.2 Å². The summed E-state index contributed by atoms with van der Waals surface area (Å²) in [5.74, 6) is 2.46. The predicted octanol–water partition coefficient (Wildman–Crippen LogP) is 3.05. The minimum Gasteiger partial charge on any atom is -0.496 e. The third kappa shape index (κ3) is 2.46. The van der Waals surface area contributed by atoms with Crippen LogP contribution in [0.5, 0.6) is 5.75 Å². The molecular weight excluding hydrogens is 264 g/mol. The Labute approximate surface area is 124 Å². The van der Waals surface area contributed by atoms with Gasteiger partial charge in [0.15, 0.2) is 6.29 Å². The molecule has 3 rings (SSSR count). The van der Waals surface area contributed by atoms with Crippen LogP contribution in [-0.2, 0) is 13.0 Å². The van der Waals surface area contributed by atoms with Gasteiger partial charge in [0.2, 0.25) is 0 Å². The molecule has 0 aliphatic carbocycles. The number of carbonyl (C=O) groups is 1. The first-order valence-electron chi connectivity index (χ1n) is 7.28. The highest BCUT2D eigenvalue weighted by atomic mass is 16.5. The van der Waals surface area contributed by atoms with Gasteiger partial charge >= 0.3 is 0 Å². The van der Waals surface area contributed by atoms with Crippen LogP contribution >= 0.6 is 0 Å². The van der Waals surface area contributed by atoms with E-state index in [2.05, 4.69) is 35.5 Å². The van der Waals surface area contributed by atoms with Gasteiger partial charge in [0.25, 0.3) is 0 Å². The maximum absolute atomic E-state index is 10.8. The number of fused-ring (bicyclic) bond motifs is 1. The van der Waals surface area contributed by atoms with Crippen molar-refractivity contribution in [2.24, 2.45) is 0 Å². The molecule has 2 aromatic rings. The van der Waals surface area contributed by atoms with Crippen LogP contribution in [0.2, 0.25) is 0 Å². The van der Waals surface area contributed by atoms with Crippen molar-refractivity contribution in [3.63, 3.8) is 0 Å². The summed E-state index contributed by atoms with van der Waals surface area (Å²) in [4.78, 5) is 15.2. The first-order chi connectivity index (χ1) is 10.1. The molecule has 1 aromatic carbocycles. The van der Waals surface area contributed by atoms with Gasteiger partial charge < -0.3 is 9.30 Å². The Morgan fingerprint density at radius 2 is 2.05 bits per heavy atom. The molecule has 1 aliphatic rings. The molecule has 0 N–H and O–H groups in total. The molecule has 0 radical (unpaired) electrons. The number of rotatable bonds is 3. The number of ether oxygens (including phenoxy) is 1. The molecule has 0 bridgehead atoms. The summed E-state index contributed by atoms with van der Waals surface area (Å²) in [6.45, 7) is 5.07. The van der Waals surface area contributed by atoms with Crippen LogP contribution in [0.15, 0.2) is 18.3 Å². The molecule has 0 saturated carbocycles. The maximum atomic E-state index is 10.8. The molecule has 21 heavy (non-hydrogen) atoms. The van der Waals surface area contributed by atoms with E-state index in [4.69, 9.17) is 4.74 Å². The largest absolute Gasteiger partial charge is 0.496 e. The second-order valence-corrected chi connectivity index (χ2v) is 5.78. The lowest BCUT2D eigenvalue weighted by atomic mass is 9.89. The predicted molar refractivity (Wildman–Crippen MR) is 81.1 cm³/mol. The summed E-state index contributed by atoms with van der Waals surface area (Å²) in [7, 11) is 1.72. The van der Waals surface area contributed by atoms with E-state index in [1.807, 2.05) is 6.20 Å². The van der Waals surface area contributed by atoms with Crippen LogP contribution in [0.3, 0.4) is 0 Å². The van der Waals surface area contributed by atoms with Crippen molar-refractivity contribution in [3.8, 4) is 5.75 Å². The topological polar surface area (TPSA) is 44.1 Å². The average molecular weight is 284 g/mol. The van der Waals surface area contributed by atoms with Gasteiger partial charge in [0.05, 0.1) is 7.11 Å². The first-order valence-corrected chi connectivity index (χ1v) is 7.28. The zero-order chi connectivity index (χ0) is 15.0. The van der Waals surface area contributed by atoms with E-state index in [9.17, 15) is 4.79 Å². The van der Waals surface area contributed by atoms with E-state index in [1.54, 1.807) is 7.11 Å². The third-order valence-corrected chi connectivity index (χ3v) is 4.29. The van der Waals surface area contributed by atoms with E-state index in [1.165, 1.54) is 16.7 Å². The van der Waals surface area contributed by atoms with Crippen molar-refractivity contribution >= 4 is 6.29 Å². The van der Waals surface area contributed by atoms with Gasteiger partial charge in [0, 0.05) is 25.1 Å². The van der Waals surface area contributed by atoms with E-state index in [0.29, 0.717) is 11.6 Å². The number of methoxy groups -OCH3 is 1. The lowest BCUT2D eigenvalue weighted by Gasteiger charge is -2.25. The molecule has 2 heterocycles. The summed E-state index contributed by atoms with van der Waals surface area (Å²) in [6.07, 6.45) is 4.67. The highest BCUT2D eigenvalue weighted by Crippen LogP contribution is 2.33. The molecule has 4 heteroatoms. The summed E-state index contributed by atoms with van der Waals surface area (Å²) < 4.78 is 7.56. The number of hydrogen-bond donors (Lipinski definition) is 0. The van der Waals surface area contributed by atoms with Crippen molar-refractivity contribution in [2.75, 3.05) is 7.11 Å². The second-order valence-electron chi connectivity index (χ2n) is 5.78. The van der Waals surface area contributed by atoms with Crippen molar-refractivity contribution in [3.05, 3.63) is 46.5 Å². The highest BCUT2D eigenvalue weighted by molar-refractivity contribution is 5.71. The minimum atomic E-state index is 0.467. The number of aromatic nitrogens is 2. The normalized spacial score (nSPS) is 17.4. The molecule has 0 amide bonds. The Kier molecular flexibility index (Phi) is 3.53. The van der Waals surface area contributed by atoms with Gasteiger partial charge in [-0.05, 0) is 37.0 Å². The van der Waals surface area contributed by atoms with Crippen molar-refractivity contribution in [1.29, 1.82) is 0 Å². The second kappa shape index (κ2) is 5.35. The van der Waals surface area contributed by atoms with Gasteiger partial charge in [-0.1, -0.05) is 12.1 Å². The Hall–Kier alpha value is -2.10. The Morgan fingerprint density at radius 1 is 1.33 bits per heavy atom. The molecule has 0 fully saturated rings. The standard InChI is InChI=1S/C17H20N2O2/c1-11-6-14(7-12(2)17(11)21-3)13-4-5-16-18-15(10-20)9-19(16)8-13/h6-7,9-10,13H,4-5,8H2,1-3H3. The number of imidazole rings is 1. The van der Waals surface area contributed by atoms with Crippen LogP contribution in [0.25, 0.3) is 0 Å². The number of aldehydes is 1. The van der Waals surface area contributed by atoms with E-state index >= 15 is 0 Å². The molecule has 1 unspecified atom stereocenters. The lowest BCUT2D eigenvalue weighted by molar-refractivity contribution is 0.111. The minimum absolute atomic E-state index is 0.467. The van der Waals surface area contributed by atoms with Crippen molar-refractivity contribution in [2.45, 2.75) is 39.2 Å². The maximum Gasteiger partial charge on any atom is 0.170 e. The van der Waals surface area contributed by atoms with Crippen LogP contribution < -0.4 is 4.74 Å². The third-order valence-electron chi connectivity index (χ3n) is 4.29. The molecule has 110 valence electrons. The zero-order valence-electron chi connectivity index (χ0n) is 12.7. The van der Waals surface area contributed by atoms with E-state index < -0.39 is 0 Å². The quantitative estimate of drug-likeness (QED) is 0.814. The van der Waals surface area contributed by atoms with Gasteiger partial charge in [-0.25, -0.2) is 4.98 Å². The number of benzene rings is 1. The van der Waals surface area contributed by atoms with Crippen molar-refractivity contribution < 1.29 is 9.53 Å². The smallest absolute Gasteiger partial charge is 0.170 e. The molecule has 1 aromatic heterocycles. The monoisotopic (exact) mass is 284 g/mol. The number of carbonyl (C=O) groups excluding carboxylic acids is 1. The Morgan fingerprint density at radius 3 is 2.67 bits per heavy atom. The lowest BCUT2D eigenvalue weighted by Crippen LogP contribution is -2.18. The summed E-state index contributed by atoms with van der Waals surface area (Å²) in [5, 5.41) is 0. The zero-order valence-corrected chi connectivity index (χ0v) is 12.7. The fourth-order valence-electron chi connectivity index (χ4n) is 3.34. The highest BCUT2D eigenvalue weighted by Gasteiger charge is 2.22. The first kappa shape index (κ1) is 13.9. The Bertz CT molecular complexity index is 665.